The molecule has 0 saturated carbocycles. The number of carbonyl (C=O) groups is 1. The molecule has 1 rings (SSSR count). The van der Waals surface area contributed by atoms with Gasteiger partial charge in [0.05, 0.1) is 5.41 Å². The highest BCUT2D eigenvalue weighted by Gasteiger charge is 2.32. The lowest BCUT2D eigenvalue weighted by atomic mass is 9.91. The van der Waals surface area contributed by atoms with Crippen molar-refractivity contribution in [2.75, 3.05) is 26.8 Å². The monoisotopic (exact) mass is 214 g/mol. The minimum absolute atomic E-state index is 0.136. The third kappa shape index (κ3) is 2.92. The van der Waals surface area contributed by atoms with E-state index in [-0.39, 0.29) is 5.91 Å². The number of carbonyl (C=O) groups excluding carboxylic acids is 1. The Hall–Kier alpha value is -0.610. The van der Waals surface area contributed by atoms with Crippen molar-refractivity contribution in [3.05, 3.63) is 0 Å². The Bertz CT molecular complexity index is 223. The Balaban J connectivity index is 2.58. The van der Waals surface area contributed by atoms with Crippen molar-refractivity contribution in [2.24, 2.45) is 11.1 Å². The zero-order valence-corrected chi connectivity index (χ0v) is 9.95. The third-order valence-corrected chi connectivity index (χ3v) is 3.15. The highest BCUT2D eigenvalue weighted by molar-refractivity contribution is 5.82. The van der Waals surface area contributed by atoms with Crippen molar-refractivity contribution in [2.45, 2.75) is 32.7 Å². The van der Waals surface area contributed by atoms with Crippen molar-refractivity contribution in [1.29, 1.82) is 0 Å². The first-order valence-corrected chi connectivity index (χ1v) is 5.54. The number of hydrogen-bond donors (Lipinski definition) is 1. The highest BCUT2D eigenvalue weighted by atomic mass is 16.5. The molecule has 2 N–H and O–H groups in total. The molecule has 1 aliphatic heterocycles. The zero-order valence-electron chi connectivity index (χ0n) is 9.95. The van der Waals surface area contributed by atoms with Gasteiger partial charge in [0.15, 0.2) is 0 Å². The SMILES string of the molecule is CN(C(=O)C(C)(C)CN)C1CCOCC1. The molecular formula is C11H22N2O2. The van der Waals surface area contributed by atoms with Crippen LogP contribution in [0.15, 0.2) is 0 Å². The topological polar surface area (TPSA) is 55.6 Å². The summed E-state index contributed by atoms with van der Waals surface area (Å²) in [5.74, 6) is 0.136. The number of ether oxygens (including phenoxy) is 1. The molecule has 15 heavy (non-hydrogen) atoms. The first kappa shape index (κ1) is 12.5. The minimum atomic E-state index is -0.451. The smallest absolute Gasteiger partial charge is 0.229 e. The maximum Gasteiger partial charge on any atom is 0.229 e. The van der Waals surface area contributed by atoms with E-state index < -0.39 is 5.41 Å². The Morgan fingerprint density at radius 2 is 2.00 bits per heavy atom. The molecule has 4 nitrogen and oxygen atoms in total. The van der Waals surface area contributed by atoms with E-state index in [0.717, 1.165) is 26.1 Å². The van der Waals surface area contributed by atoms with Crippen LogP contribution in [0, 0.1) is 5.41 Å². The van der Waals surface area contributed by atoms with Crippen LogP contribution in [0.1, 0.15) is 26.7 Å². The molecule has 1 fully saturated rings. The summed E-state index contributed by atoms with van der Waals surface area (Å²) in [6.07, 6.45) is 1.87. The lowest BCUT2D eigenvalue weighted by Crippen LogP contribution is -2.48. The molecule has 0 bridgehead atoms. The second-order valence-corrected chi connectivity index (χ2v) is 4.85. The van der Waals surface area contributed by atoms with Crippen LogP contribution in [0.2, 0.25) is 0 Å². The van der Waals surface area contributed by atoms with Crippen LogP contribution in [0.5, 0.6) is 0 Å². The molecule has 1 amide bonds. The summed E-state index contributed by atoms with van der Waals surface area (Å²) in [5, 5.41) is 0. The summed E-state index contributed by atoms with van der Waals surface area (Å²) < 4.78 is 5.28. The fourth-order valence-corrected chi connectivity index (χ4v) is 1.80. The van der Waals surface area contributed by atoms with Crippen molar-refractivity contribution in [3.63, 3.8) is 0 Å². The largest absolute Gasteiger partial charge is 0.381 e. The first-order chi connectivity index (χ1) is 6.99. The van der Waals surface area contributed by atoms with Crippen LogP contribution in [-0.2, 0) is 9.53 Å². The second-order valence-electron chi connectivity index (χ2n) is 4.85. The van der Waals surface area contributed by atoms with Gasteiger partial charge in [-0.05, 0) is 26.7 Å². The Morgan fingerprint density at radius 1 is 1.47 bits per heavy atom. The lowest BCUT2D eigenvalue weighted by Gasteiger charge is -2.36. The van der Waals surface area contributed by atoms with Crippen LogP contribution < -0.4 is 5.73 Å². The van der Waals surface area contributed by atoms with Gasteiger partial charge in [-0.3, -0.25) is 4.79 Å². The zero-order chi connectivity index (χ0) is 11.5. The van der Waals surface area contributed by atoms with Crippen molar-refractivity contribution in [1.82, 2.24) is 4.90 Å². The quantitative estimate of drug-likeness (QED) is 0.749. The van der Waals surface area contributed by atoms with E-state index in [4.69, 9.17) is 10.5 Å². The number of amides is 1. The fraction of sp³-hybridized carbons (Fsp3) is 0.909. The number of rotatable bonds is 3. The van der Waals surface area contributed by atoms with Gasteiger partial charge in [-0.1, -0.05) is 0 Å². The average Bonchev–Trinajstić information content (AvgIpc) is 2.28. The predicted octanol–water partition coefficient (Wildman–Crippen LogP) is 0.609. The standard InChI is InChI=1S/C11H22N2O2/c1-11(2,8-12)10(14)13(3)9-4-6-15-7-5-9/h9H,4-8,12H2,1-3H3. The van der Waals surface area contributed by atoms with Crippen LogP contribution in [0.3, 0.4) is 0 Å². The van der Waals surface area contributed by atoms with Gasteiger partial charge in [0.2, 0.25) is 5.91 Å². The first-order valence-electron chi connectivity index (χ1n) is 5.54. The van der Waals surface area contributed by atoms with E-state index in [1.54, 1.807) is 0 Å². The molecule has 0 spiro atoms. The summed E-state index contributed by atoms with van der Waals surface area (Å²) in [5.41, 5.74) is 5.15. The Morgan fingerprint density at radius 3 is 2.47 bits per heavy atom. The van der Waals surface area contributed by atoms with Gasteiger partial charge >= 0.3 is 0 Å². The maximum atomic E-state index is 12.1. The minimum Gasteiger partial charge on any atom is -0.381 e. The van der Waals surface area contributed by atoms with Crippen molar-refractivity contribution >= 4 is 5.91 Å². The van der Waals surface area contributed by atoms with Gasteiger partial charge in [-0.25, -0.2) is 0 Å². The Kier molecular flexibility index (Phi) is 4.11. The van der Waals surface area contributed by atoms with E-state index in [0.29, 0.717) is 12.6 Å². The summed E-state index contributed by atoms with van der Waals surface area (Å²) in [4.78, 5) is 13.9. The van der Waals surface area contributed by atoms with E-state index >= 15 is 0 Å². The van der Waals surface area contributed by atoms with Gasteiger partial charge in [-0.15, -0.1) is 0 Å². The van der Waals surface area contributed by atoms with Gasteiger partial charge < -0.3 is 15.4 Å². The summed E-state index contributed by atoms with van der Waals surface area (Å²) in [6.45, 7) is 5.69. The molecule has 0 aromatic heterocycles. The molecule has 0 aliphatic carbocycles. The summed E-state index contributed by atoms with van der Waals surface area (Å²) in [6, 6.07) is 0.317. The average molecular weight is 214 g/mol. The molecule has 88 valence electrons. The summed E-state index contributed by atoms with van der Waals surface area (Å²) >= 11 is 0. The number of nitrogens with two attached hydrogens (primary N) is 1. The van der Waals surface area contributed by atoms with Gasteiger partial charge in [-0.2, -0.15) is 0 Å². The van der Waals surface area contributed by atoms with Crippen LogP contribution >= 0.6 is 0 Å². The van der Waals surface area contributed by atoms with Crippen LogP contribution in [0.25, 0.3) is 0 Å². The lowest BCUT2D eigenvalue weighted by molar-refractivity contribution is -0.142. The Labute approximate surface area is 91.8 Å². The van der Waals surface area contributed by atoms with E-state index in [1.807, 2.05) is 25.8 Å². The van der Waals surface area contributed by atoms with Crippen molar-refractivity contribution < 1.29 is 9.53 Å². The third-order valence-electron chi connectivity index (χ3n) is 3.15. The van der Waals surface area contributed by atoms with E-state index in [9.17, 15) is 4.79 Å². The van der Waals surface area contributed by atoms with E-state index in [1.165, 1.54) is 0 Å². The highest BCUT2D eigenvalue weighted by Crippen LogP contribution is 2.21. The molecule has 0 aromatic carbocycles. The van der Waals surface area contributed by atoms with Gasteiger partial charge in [0.1, 0.15) is 0 Å². The molecule has 0 unspecified atom stereocenters. The predicted molar refractivity (Wildman–Crippen MR) is 59.4 cm³/mol. The second kappa shape index (κ2) is 4.94. The number of hydrogen-bond acceptors (Lipinski definition) is 3. The van der Waals surface area contributed by atoms with Gasteiger partial charge in [0.25, 0.3) is 0 Å². The van der Waals surface area contributed by atoms with Gasteiger partial charge in [0, 0.05) is 32.8 Å². The molecule has 1 aliphatic rings. The van der Waals surface area contributed by atoms with Crippen LogP contribution in [-0.4, -0.2) is 43.7 Å². The molecule has 0 atom stereocenters. The molecule has 4 heteroatoms. The van der Waals surface area contributed by atoms with E-state index in [2.05, 4.69) is 0 Å². The van der Waals surface area contributed by atoms with Crippen LogP contribution in [0.4, 0.5) is 0 Å². The molecule has 1 heterocycles. The molecule has 0 aromatic rings. The molecule has 0 radical (unpaired) electrons. The maximum absolute atomic E-state index is 12.1. The fourth-order valence-electron chi connectivity index (χ4n) is 1.80. The molecule has 1 saturated heterocycles. The van der Waals surface area contributed by atoms with Crippen molar-refractivity contribution in [3.8, 4) is 0 Å². The molecular weight excluding hydrogens is 192 g/mol. The number of nitrogens with zero attached hydrogens (tertiary/aromatic N) is 1. The normalized spacial score (nSPS) is 18.9. The summed E-state index contributed by atoms with van der Waals surface area (Å²) in [7, 11) is 1.87.